The zero-order valence-electron chi connectivity index (χ0n) is 11.7. The molecule has 0 aliphatic heterocycles. The van der Waals surface area contributed by atoms with Crippen LogP contribution in [0.5, 0.6) is 0 Å². The number of rotatable bonds is 5. The van der Waals surface area contributed by atoms with Crippen LogP contribution in [-0.4, -0.2) is 38.1 Å². The molecule has 0 spiro atoms. The van der Waals surface area contributed by atoms with Crippen molar-refractivity contribution in [3.8, 4) is 0 Å². The van der Waals surface area contributed by atoms with Gasteiger partial charge in [-0.3, -0.25) is 0 Å². The van der Waals surface area contributed by atoms with Crippen LogP contribution in [0.4, 0.5) is 10.5 Å². The van der Waals surface area contributed by atoms with Crippen molar-refractivity contribution in [1.82, 2.24) is 10.2 Å². The molecular weight excluding hydrogens is 226 g/mol. The van der Waals surface area contributed by atoms with Gasteiger partial charge >= 0.3 is 6.03 Å². The number of aryl methyl sites for hydroxylation is 2. The molecule has 4 nitrogen and oxygen atoms in total. The molecule has 18 heavy (non-hydrogen) atoms. The van der Waals surface area contributed by atoms with Gasteiger partial charge in [0, 0.05) is 12.2 Å². The lowest BCUT2D eigenvalue weighted by Crippen LogP contribution is -2.31. The highest BCUT2D eigenvalue weighted by molar-refractivity contribution is 5.90. The number of nitrogens with zero attached hydrogens (tertiary/aromatic N) is 1. The first kappa shape index (κ1) is 14.5. The average molecular weight is 249 g/mol. The van der Waals surface area contributed by atoms with E-state index in [-0.39, 0.29) is 6.03 Å². The average Bonchev–Trinajstić information content (AvgIpc) is 2.29. The Balaban J connectivity index is 2.40. The normalized spacial score (nSPS) is 10.5. The molecule has 1 aromatic rings. The van der Waals surface area contributed by atoms with Gasteiger partial charge in [0.05, 0.1) is 0 Å². The van der Waals surface area contributed by atoms with Gasteiger partial charge in [-0.1, -0.05) is 18.2 Å². The van der Waals surface area contributed by atoms with E-state index < -0.39 is 0 Å². The Morgan fingerprint density at radius 2 is 1.83 bits per heavy atom. The second kappa shape index (κ2) is 7.01. The fraction of sp³-hybridized carbons (Fsp3) is 0.500. The molecule has 2 amide bonds. The van der Waals surface area contributed by atoms with Crippen LogP contribution in [0, 0.1) is 13.8 Å². The fourth-order valence-electron chi connectivity index (χ4n) is 1.77. The number of hydrogen-bond donors (Lipinski definition) is 2. The summed E-state index contributed by atoms with van der Waals surface area (Å²) in [6.45, 7) is 5.65. The van der Waals surface area contributed by atoms with Crippen molar-refractivity contribution < 1.29 is 4.79 Å². The van der Waals surface area contributed by atoms with Crippen molar-refractivity contribution in [2.24, 2.45) is 0 Å². The molecule has 1 aromatic carbocycles. The van der Waals surface area contributed by atoms with Crippen LogP contribution >= 0.6 is 0 Å². The lowest BCUT2D eigenvalue weighted by atomic mass is 10.1. The first-order valence-corrected chi connectivity index (χ1v) is 6.26. The summed E-state index contributed by atoms with van der Waals surface area (Å²) in [5.74, 6) is 0. The molecule has 0 aliphatic rings. The van der Waals surface area contributed by atoms with Crippen molar-refractivity contribution in [3.63, 3.8) is 0 Å². The number of carbonyl (C=O) groups is 1. The van der Waals surface area contributed by atoms with E-state index in [1.807, 2.05) is 46.1 Å². The van der Waals surface area contributed by atoms with Crippen LogP contribution in [0.2, 0.25) is 0 Å². The largest absolute Gasteiger partial charge is 0.338 e. The van der Waals surface area contributed by atoms with Crippen LogP contribution in [0.1, 0.15) is 17.5 Å². The van der Waals surface area contributed by atoms with Gasteiger partial charge in [-0.05, 0) is 52.0 Å². The molecule has 0 aromatic heterocycles. The van der Waals surface area contributed by atoms with E-state index in [9.17, 15) is 4.79 Å². The van der Waals surface area contributed by atoms with Crippen molar-refractivity contribution in [3.05, 3.63) is 29.3 Å². The molecule has 0 radical (unpaired) electrons. The zero-order valence-corrected chi connectivity index (χ0v) is 11.7. The maximum absolute atomic E-state index is 11.7. The molecule has 0 fully saturated rings. The van der Waals surface area contributed by atoms with Gasteiger partial charge in [-0.25, -0.2) is 4.79 Å². The van der Waals surface area contributed by atoms with Crippen molar-refractivity contribution in [1.29, 1.82) is 0 Å². The monoisotopic (exact) mass is 249 g/mol. The molecule has 0 saturated carbocycles. The number of para-hydroxylation sites is 1. The van der Waals surface area contributed by atoms with E-state index in [2.05, 4.69) is 15.5 Å². The molecule has 1 rings (SSSR count). The quantitative estimate of drug-likeness (QED) is 0.787. The summed E-state index contributed by atoms with van der Waals surface area (Å²) in [5.41, 5.74) is 3.07. The van der Waals surface area contributed by atoms with Gasteiger partial charge in [0.2, 0.25) is 0 Å². The molecule has 0 bridgehead atoms. The molecule has 4 heteroatoms. The second-order valence-electron chi connectivity index (χ2n) is 4.80. The summed E-state index contributed by atoms with van der Waals surface area (Å²) >= 11 is 0. The highest BCUT2D eigenvalue weighted by atomic mass is 16.2. The lowest BCUT2D eigenvalue weighted by molar-refractivity contribution is 0.251. The van der Waals surface area contributed by atoms with E-state index in [0.29, 0.717) is 6.54 Å². The summed E-state index contributed by atoms with van der Waals surface area (Å²) < 4.78 is 0. The number of amides is 2. The van der Waals surface area contributed by atoms with Crippen molar-refractivity contribution in [2.75, 3.05) is 32.5 Å². The molecule has 0 heterocycles. The maximum atomic E-state index is 11.7. The smallest absolute Gasteiger partial charge is 0.319 e. The van der Waals surface area contributed by atoms with Crippen LogP contribution in [-0.2, 0) is 0 Å². The third-order valence-corrected chi connectivity index (χ3v) is 2.79. The number of anilines is 1. The Labute approximate surface area is 109 Å². The Kier molecular flexibility index (Phi) is 5.65. The summed E-state index contributed by atoms with van der Waals surface area (Å²) in [5, 5.41) is 5.77. The summed E-state index contributed by atoms with van der Waals surface area (Å²) in [7, 11) is 4.05. The van der Waals surface area contributed by atoms with E-state index >= 15 is 0 Å². The van der Waals surface area contributed by atoms with Crippen LogP contribution in [0.3, 0.4) is 0 Å². The minimum absolute atomic E-state index is 0.133. The van der Waals surface area contributed by atoms with E-state index in [1.54, 1.807) is 0 Å². The van der Waals surface area contributed by atoms with E-state index in [4.69, 9.17) is 0 Å². The SMILES string of the molecule is Cc1cccc(C)c1NC(=O)NCCCN(C)C. The Morgan fingerprint density at radius 1 is 1.22 bits per heavy atom. The third kappa shape index (κ3) is 4.75. The molecular formula is C14H23N3O. The van der Waals surface area contributed by atoms with E-state index in [1.165, 1.54) is 0 Å². The standard InChI is InChI=1S/C14H23N3O/c1-11-7-5-8-12(2)13(11)16-14(18)15-9-6-10-17(3)4/h5,7-8H,6,9-10H2,1-4H3,(H2,15,16,18). The molecule has 0 unspecified atom stereocenters. The first-order chi connectivity index (χ1) is 8.50. The number of nitrogens with one attached hydrogen (secondary N) is 2. The van der Waals surface area contributed by atoms with E-state index in [0.717, 1.165) is 29.8 Å². The predicted octanol–water partition coefficient (Wildman–Crippen LogP) is 2.38. The summed E-state index contributed by atoms with van der Waals surface area (Å²) in [6.07, 6.45) is 0.952. The minimum atomic E-state index is -0.133. The first-order valence-electron chi connectivity index (χ1n) is 6.26. The van der Waals surface area contributed by atoms with Gasteiger partial charge in [-0.15, -0.1) is 0 Å². The van der Waals surface area contributed by atoms with Crippen LogP contribution in [0.15, 0.2) is 18.2 Å². The minimum Gasteiger partial charge on any atom is -0.338 e. The summed E-state index contributed by atoms with van der Waals surface area (Å²) in [6, 6.07) is 5.85. The highest BCUT2D eigenvalue weighted by Gasteiger charge is 2.05. The van der Waals surface area contributed by atoms with Gasteiger partial charge in [0.25, 0.3) is 0 Å². The highest BCUT2D eigenvalue weighted by Crippen LogP contribution is 2.18. The Hall–Kier alpha value is -1.55. The third-order valence-electron chi connectivity index (χ3n) is 2.79. The van der Waals surface area contributed by atoms with Crippen molar-refractivity contribution >= 4 is 11.7 Å². The molecule has 100 valence electrons. The predicted molar refractivity (Wildman–Crippen MR) is 76.1 cm³/mol. The molecule has 0 atom stereocenters. The number of hydrogen-bond acceptors (Lipinski definition) is 2. The number of carbonyl (C=O) groups excluding carboxylic acids is 1. The fourth-order valence-corrected chi connectivity index (χ4v) is 1.77. The topological polar surface area (TPSA) is 44.4 Å². The van der Waals surface area contributed by atoms with Gasteiger partial charge < -0.3 is 15.5 Å². The van der Waals surface area contributed by atoms with Gasteiger partial charge in [0.15, 0.2) is 0 Å². The Bertz CT molecular complexity index is 382. The second-order valence-corrected chi connectivity index (χ2v) is 4.80. The van der Waals surface area contributed by atoms with Gasteiger partial charge in [0.1, 0.15) is 0 Å². The molecule has 2 N–H and O–H groups in total. The Morgan fingerprint density at radius 3 is 2.39 bits per heavy atom. The lowest BCUT2D eigenvalue weighted by Gasteiger charge is -2.13. The van der Waals surface area contributed by atoms with Gasteiger partial charge in [-0.2, -0.15) is 0 Å². The molecule has 0 aliphatic carbocycles. The number of benzene rings is 1. The summed E-state index contributed by atoms with van der Waals surface area (Å²) in [4.78, 5) is 13.8. The maximum Gasteiger partial charge on any atom is 0.319 e. The number of urea groups is 1. The zero-order chi connectivity index (χ0) is 13.5. The van der Waals surface area contributed by atoms with Crippen molar-refractivity contribution in [2.45, 2.75) is 20.3 Å². The van der Waals surface area contributed by atoms with Crippen LogP contribution in [0.25, 0.3) is 0 Å². The van der Waals surface area contributed by atoms with Crippen LogP contribution < -0.4 is 10.6 Å². The molecule has 0 saturated heterocycles.